The van der Waals surface area contributed by atoms with Gasteiger partial charge in [-0.1, -0.05) is 48.5 Å². The third-order valence-corrected chi connectivity index (χ3v) is 7.81. The molecular formula is C26H28N2O4. The Morgan fingerprint density at radius 3 is 2.62 bits per heavy atom. The zero-order chi connectivity index (χ0) is 21.9. The summed E-state index contributed by atoms with van der Waals surface area (Å²) in [5.74, 6) is 0.703. The molecule has 4 heterocycles. The molecule has 1 unspecified atom stereocenters. The number of rotatable bonds is 3. The van der Waals surface area contributed by atoms with E-state index in [2.05, 4.69) is 12.1 Å². The molecule has 0 aliphatic carbocycles. The quantitative estimate of drug-likeness (QED) is 0.748. The first-order valence-corrected chi connectivity index (χ1v) is 11.6. The van der Waals surface area contributed by atoms with Gasteiger partial charge in [-0.15, -0.1) is 0 Å². The summed E-state index contributed by atoms with van der Waals surface area (Å²) >= 11 is 0. The van der Waals surface area contributed by atoms with Crippen molar-refractivity contribution in [2.24, 2.45) is 5.92 Å². The van der Waals surface area contributed by atoms with Crippen LogP contribution in [0.4, 0.5) is 0 Å². The van der Waals surface area contributed by atoms with E-state index < -0.39 is 5.54 Å². The zero-order valence-corrected chi connectivity index (χ0v) is 18.3. The lowest BCUT2D eigenvalue weighted by atomic mass is 9.73. The van der Waals surface area contributed by atoms with E-state index >= 15 is 0 Å². The van der Waals surface area contributed by atoms with Crippen molar-refractivity contribution in [3.63, 3.8) is 0 Å². The Morgan fingerprint density at radius 2 is 1.84 bits per heavy atom. The molecular weight excluding hydrogens is 404 g/mol. The van der Waals surface area contributed by atoms with E-state index in [1.165, 1.54) is 0 Å². The molecule has 2 aromatic carbocycles. The van der Waals surface area contributed by atoms with Crippen LogP contribution in [-0.4, -0.2) is 59.6 Å². The molecule has 6 nitrogen and oxygen atoms in total. The van der Waals surface area contributed by atoms with E-state index in [0.29, 0.717) is 13.2 Å². The molecule has 2 amide bonds. The highest BCUT2D eigenvalue weighted by Gasteiger charge is 2.66. The largest absolute Gasteiger partial charge is 0.493 e. The number of amides is 2. The molecule has 5 atom stereocenters. The molecule has 166 valence electrons. The first-order chi connectivity index (χ1) is 15.6. The van der Waals surface area contributed by atoms with Gasteiger partial charge >= 0.3 is 0 Å². The number of benzene rings is 2. The van der Waals surface area contributed by atoms with Crippen molar-refractivity contribution in [2.75, 3.05) is 26.3 Å². The minimum atomic E-state index is -0.967. The second kappa shape index (κ2) is 7.34. The van der Waals surface area contributed by atoms with E-state index in [1.54, 1.807) is 4.90 Å². The normalized spacial score (nSPS) is 33.5. The van der Waals surface area contributed by atoms with Crippen LogP contribution >= 0.6 is 0 Å². The second-order valence-electron chi connectivity index (χ2n) is 9.58. The third kappa shape index (κ3) is 2.75. The molecule has 4 aliphatic rings. The molecule has 2 aromatic rings. The highest BCUT2D eigenvalue weighted by molar-refractivity contribution is 6.00. The SMILES string of the molecule is C[C@@]12C(=O)N(CC3CCCO3)CC(=O)N1[C@H]1c3ccccc3OC[C@@H]1[C@@H]2c1ccccc1. The number of fused-ring (bicyclic) bond motifs is 5. The van der Waals surface area contributed by atoms with Gasteiger partial charge in [0.25, 0.3) is 0 Å². The Balaban J connectivity index is 1.47. The number of piperazine rings is 1. The van der Waals surface area contributed by atoms with Crippen molar-refractivity contribution in [3.05, 3.63) is 65.7 Å². The molecule has 0 N–H and O–H groups in total. The number of para-hydroxylation sites is 1. The van der Waals surface area contributed by atoms with Crippen LogP contribution < -0.4 is 4.74 Å². The molecule has 4 aliphatic heterocycles. The van der Waals surface area contributed by atoms with Crippen LogP contribution in [-0.2, 0) is 14.3 Å². The molecule has 0 aromatic heterocycles. The van der Waals surface area contributed by atoms with Crippen molar-refractivity contribution in [1.82, 2.24) is 9.80 Å². The predicted molar refractivity (Wildman–Crippen MR) is 118 cm³/mol. The van der Waals surface area contributed by atoms with Gasteiger partial charge in [0.05, 0.1) is 25.3 Å². The standard InChI is InChI=1S/C26H28N2O4/c1-26-23(17-8-3-2-4-9-17)20-16-32-21-12-6-5-11-19(21)24(20)28(26)22(29)15-27(25(26)30)14-18-10-7-13-31-18/h2-6,8-9,11-12,18,20,23-24H,7,10,13-16H2,1H3/t18?,20-,23+,24+,26-/m1/s1. The minimum absolute atomic E-state index is 0.00730. The number of ether oxygens (including phenoxy) is 2. The highest BCUT2D eigenvalue weighted by atomic mass is 16.5. The van der Waals surface area contributed by atoms with Gasteiger partial charge in [-0.2, -0.15) is 0 Å². The maximum absolute atomic E-state index is 14.1. The summed E-state index contributed by atoms with van der Waals surface area (Å²) in [6, 6.07) is 17.9. The fraction of sp³-hybridized carbons (Fsp3) is 0.462. The van der Waals surface area contributed by atoms with Gasteiger partial charge in [0.15, 0.2) is 0 Å². The van der Waals surface area contributed by atoms with Crippen molar-refractivity contribution in [1.29, 1.82) is 0 Å². The number of hydrogen-bond donors (Lipinski definition) is 0. The average molecular weight is 433 g/mol. The van der Waals surface area contributed by atoms with E-state index in [1.807, 2.05) is 54.3 Å². The Kier molecular flexibility index (Phi) is 4.54. The molecule has 0 radical (unpaired) electrons. The molecule has 3 saturated heterocycles. The maximum atomic E-state index is 14.1. The van der Waals surface area contributed by atoms with Gasteiger partial charge in [-0.25, -0.2) is 0 Å². The molecule has 0 saturated carbocycles. The Morgan fingerprint density at radius 1 is 1.06 bits per heavy atom. The van der Waals surface area contributed by atoms with Crippen molar-refractivity contribution in [2.45, 2.75) is 43.4 Å². The van der Waals surface area contributed by atoms with E-state index in [4.69, 9.17) is 9.47 Å². The van der Waals surface area contributed by atoms with Gasteiger partial charge in [-0.3, -0.25) is 9.59 Å². The Hall–Kier alpha value is -2.86. The fourth-order valence-corrected chi connectivity index (χ4v) is 6.52. The minimum Gasteiger partial charge on any atom is -0.493 e. The van der Waals surface area contributed by atoms with Crippen LogP contribution in [0.1, 0.15) is 42.9 Å². The topological polar surface area (TPSA) is 59.1 Å². The lowest BCUT2D eigenvalue weighted by Gasteiger charge is -2.47. The van der Waals surface area contributed by atoms with Crippen LogP contribution in [0.15, 0.2) is 54.6 Å². The van der Waals surface area contributed by atoms with E-state index in [0.717, 1.165) is 36.3 Å². The zero-order valence-electron chi connectivity index (χ0n) is 18.3. The van der Waals surface area contributed by atoms with Gasteiger partial charge < -0.3 is 19.3 Å². The Labute approximate surface area is 188 Å². The summed E-state index contributed by atoms with van der Waals surface area (Å²) in [6.45, 7) is 3.78. The summed E-state index contributed by atoms with van der Waals surface area (Å²) in [7, 11) is 0. The van der Waals surface area contributed by atoms with Gasteiger partial charge in [0.1, 0.15) is 11.3 Å². The van der Waals surface area contributed by atoms with Crippen LogP contribution in [0, 0.1) is 5.92 Å². The average Bonchev–Trinajstić information content (AvgIpc) is 3.42. The van der Waals surface area contributed by atoms with E-state index in [9.17, 15) is 9.59 Å². The summed E-state index contributed by atoms with van der Waals surface area (Å²) < 4.78 is 12.0. The number of carbonyl (C=O) groups is 2. The van der Waals surface area contributed by atoms with Crippen molar-refractivity contribution < 1.29 is 19.1 Å². The number of carbonyl (C=O) groups excluding carboxylic acids is 2. The van der Waals surface area contributed by atoms with Crippen molar-refractivity contribution >= 4 is 11.8 Å². The summed E-state index contributed by atoms with van der Waals surface area (Å²) in [6.07, 6.45) is 1.96. The first kappa shape index (κ1) is 19.8. The lowest BCUT2D eigenvalue weighted by Crippen LogP contribution is -2.66. The molecule has 0 bridgehead atoms. The van der Waals surface area contributed by atoms with Gasteiger partial charge in [-0.05, 0) is 31.4 Å². The first-order valence-electron chi connectivity index (χ1n) is 11.6. The molecule has 6 heteroatoms. The van der Waals surface area contributed by atoms with Crippen LogP contribution in [0.5, 0.6) is 5.75 Å². The predicted octanol–water partition coefficient (Wildman–Crippen LogP) is 3.14. The van der Waals surface area contributed by atoms with Gasteiger partial charge in [0, 0.05) is 30.6 Å². The van der Waals surface area contributed by atoms with Crippen LogP contribution in [0.3, 0.4) is 0 Å². The lowest BCUT2D eigenvalue weighted by molar-refractivity contribution is -0.165. The monoisotopic (exact) mass is 432 g/mol. The van der Waals surface area contributed by atoms with Crippen LogP contribution in [0.25, 0.3) is 0 Å². The van der Waals surface area contributed by atoms with Gasteiger partial charge in [0.2, 0.25) is 11.8 Å². The summed E-state index contributed by atoms with van der Waals surface area (Å²) in [4.78, 5) is 31.5. The highest BCUT2D eigenvalue weighted by Crippen LogP contribution is 2.59. The smallest absolute Gasteiger partial charge is 0.249 e. The maximum Gasteiger partial charge on any atom is 0.249 e. The molecule has 3 fully saturated rings. The molecule has 32 heavy (non-hydrogen) atoms. The second-order valence-corrected chi connectivity index (χ2v) is 9.58. The van der Waals surface area contributed by atoms with E-state index in [-0.39, 0.29) is 42.3 Å². The Bertz CT molecular complexity index is 1050. The fourth-order valence-electron chi connectivity index (χ4n) is 6.52. The van der Waals surface area contributed by atoms with Crippen molar-refractivity contribution in [3.8, 4) is 5.75 Å². The number of nitrogens with zero attached hydrogens (tertiary/aromatic N) is 2. The molecule has 0 spiro atoms. The summed E-state index contributed by atoms with van der Waals surface area (Å²) in [5.41, 5.74) is 1.11. The summed E-state index contributed by atoms with van der Waals surface area (Å²) in [5, 5.41) is 0. The molecule has 6 rings (SSSR count). The van der Waals surface area contributed by atoms with Crippen LogP contribution in [0.2, 0.25) is 0 Å². The third-order valence-electron chi connectivity index (χ3n) is 7.81. The number of hydrogen-bond acceptors (Lipinski definition) is 4.